The maximum absolute atomic E-state index is 12.7. The Kier molecular flexibility index (Phi) is 5.65. The van der Waals surface area contributed by atoms with Crippen LogP contribution in [-0.4, -0.2) is 28.1 Å². The lowest BCUT2D eigenvalue weighted by atomic mass is 10.0. The lowest BCUT2D eigenvalue weighted by molar-refractivity contribution is -0.122. The summed E-state index contributed by atoms with van der Waals surface area (Å²) < 4.78 is 1.87. The summed E-state index contributed by atoms with van der Waals surface area (Å²) in [6, 6.07) is 17.9. The van der Waals surface area contributed by atoms with Crippen LogP contribution < -0.4 is 10.2 Å². The predicted molar refractivity (Wildman–Crippen MR) is 118 cm³/mol. The van der Waals surface area contributed by atoms with Crippen LogP contribution in [0.2, 0.25) is 0 Å². The molecule has 0 saturated heterocycles. The molecule has 6 nitrogen and oxygen atoms in total. The molecule has 3 aromatic rings. The topological polar surface area (TPSA) is 67.2 Å². The fourth-order valence-corrected chi connectivity index (χ4v) is 3.87. The van der Waals surface area contributed by atoms with Gasteiger partial charge in [-0.05, 0) is 49.1 Å². The van der Waals surface area contributed by atoms with Gasteiger partial charge in [-0.25, -0.2) is 4.68 Å². The molecule has 1 aliphatic heterocycles. The number of nitrogens with zero attached hydrogens (tertiary/aromatic N) is 3. The molecule has 1 N–H and O–H groups in total. The number of anilines is 2. The number of aryl methyl sites for hydroxylation is 3. The third-order valence-corrected chi connectivity index (χ3v) is 5.40. The number of aromatic nitrogens is 2. The molecule has 0 saturated carbocycles. The maximum atomic E-state index is 12.7. The first kappa shape index (κ1) is 19.9. The van der Waals surface area contributed by atoms with Crippen LogP contribution in [0.3, 0.4) is 0 Å². The summed E-state index contributed by atoms with van der Waals surface area (Å²) in [5, 5.41) is 7.30. The van der Waals surface area contributed by atoms with E-state index in [-0.39, 0.29) is 24.7 Å². The maximum Gasteiger partial charge on any atom is 0.228 e. The minimum absolute atomic E-state index is 0.0408. The van der Waals surface area contributed by atoms with Gasteiger partial charge in [0.15, 0.2) is 0 Å². The fraction of sp³-hybridized carbons (Fsp3) is 0.292. The Morgan fingerprint density at radius 2 is 1.77 bits per heavy atom. The molecule has 0 aliphatic carbocycles. The van der Waals surface area contributed by atoms with Crippen LogP contribution in [-0.2, 0) is 16.1 Å². The second-order valence-electron chi connectivity index (χ2n) is 7.71. The largest absolute Gasteiger partial charge is 0.326 e. The van der Waals surface area contributed by atoms with Crippen molar-refractivity contribution in [3.8, 4) is 11.1 Å². The van der Waals surface area contributed by atoms with Crippen molar-refractivity contribution in [1.82, 2.24) is 9.78 Å². The van der Waals surface area contributed by atoms with E-state index in [1.807, 2.05) is 54.1 Å². The molecule has 0 spiro atoms. The predicted octanol–water partition coefficient (Wildman–Crippen LogP) is 4.32. The van der Waals surface area contributed by atoms with Crippen molar-refractivity contribution in [2.24, 2.45) is 0 Å². The zero-order valence-corrected chi connectivity index (χ0v) is 17.4. The molecule has 1 aromatic heterocycles. The monoisotopic (exact) mass is 402 g/mol. The van der Waals surface area contributed by atoms with Crippen LogP contribution in [0.25, 0.3) is 11.1 Å². The Labute approximate surface area is 176 Å². The third-order valence-electron chi connectivity index (χ3n) is 5.40. The molecular formula is C24H26N4O2. The SMILES string of the molecule is Cc1cc2n(n1)CCCN2C(=O)CCC(=O)Nc1ccc(-c2ccccc2C)cc1. The molecule has 1 aliphatic rings. The van der Waals surface area contributed by atoms with Crippen LogP contribution >= 0.6 is 0 Å². The van der Waals surface area contributed by atoms with Crippen LogP contribution in [0.15, 0.2) is 54.6 Å². The van der Waals surface area contributed by atoms with Gasteiger partial charge in [0.25, 0.3) is 0 Å². The van der Waals surface area contributed by atoms with Gasteiger partial charge in [-0.1, -0.05) is 36.4 Å². The van der Waals surface area contributed by atoms with E-state index in [2.05, 4.69) is 29.5 Å². The standard InChI is InChI=1S/C24H26N4O2/c1-17-6-3-4-7-21(17)19-8-10-20(11-9-19)25-22(29)12-13-24(30)27-14-5-15-28-23(27)16-18(2)26-28/h3-4,6-11,16H,5,12-15H2,1-2H3,(H,25,29). The number of carbonyl (C=O) groups is 2. The first-order valence-electron chi connectivity index (χ1n) is 10.3. The van der Waals surface area contributed by atoms with Crippen molar-refractivity contribution in [1.29, 1.82) is 0 Å². The van der Waals surface area contributed by atoms with Gasteiger partial charge in [0.05, 0.1) is 5.69 Å². The first-order valence-corrected chi connectivity index (χ1v) is 10.3. The number of carbonyl (C=O) groups excluding carboxylic acids is 2. The Hall–Kier alpha value is -3.41. The van der Waals surface area contributed by atoms with Gasteiger partial charge in [0.2, 0.25) is 11.8 Å². The first-order chi connectivity index (χ1) is 14.5. The molecule has 0 atom stereocenters. The minimum atomic E-state index is -0.159. The molecule has 2 amide bonds. The molecule has 0 radical (unpaired) electrons. The van der Waals surface area contributed by atoms with Gasteiger partial charge < -0.3 is 5.32 Å². The van der Waals surface area contributed by atoms with E-state index in [9.17, 15) is 9.59 Å². The van der Waals surface area contributed by atoms with Gasteiger partial charge in [0, 0.05) is 37.7 Å². The van der Waals surface area contributed by atoms with Crippen LogP contribution in [0.5, 0.6) is 0 Å². The normalized spacial score (nSPS) is 13.1. The Balaban J connectivity index is 1.33. The van der Waals surface area contributed by atoms with E-state index in [1.165, 1.54) is 11.1 Å². The van der Waals surface area contributed by atoms with Gasteiger partial charge in [-0.2, -0.15) is 5.10 Å². The summed E-state index contributed by atoms with van der Waals surface area (Å²) in [6.07, 6.45) is 1.21. The van der Waals surface area contributed by atoms with Crippen molar-refractivity contribution in [2.45, 2.75) is 39.7 Å². The zero-order chi connectivity index (χ0) is 21.1. The Morgan fingerprint density at radius 3 is 2.53 bits per heavy atom. The van der Waals surface area contributed by atoms with Gasteiger partial charge in [-0.15, -0.1) is 0 Å². The number of benzene rings is 2. The number of nitrogens with one attached hydrogen (secondary N) is 1. The molecule has 154 valence electrons. The fourth-order valence-electron chi connectivity index (χ4n) is 3.87. The van der Waals surface area contributed by atoms with Gasteiger partial charge >= 0.3 is 0 Å². The van der Waals surface area contributed by atoms with Crippen molar-refractivity contribution < 1.29 is 9.59 Å². The molecule has 4 rings (SSSR count). The van der Waals surface area contributed by atoms with E-state index >= 15 is 0 Å². The van der Waals surface area contributed by atoms with E-state index in [1.54, 1.807) is 4.90 Å². The van der Waals surface area contributed by atoms with Crippen molar-refractivity contribution >= 4 is 23.3 Å². The molecule has 0 unspecified atom stereocenters. The van der Waals surface area contributed by atoms with E-state index in [4.69, 9.17) is 0 Å². The quantitative estimate of drug-likeness (QED) is 0.691. The summed E-state index contributed by atoms with van der Waals surface area (Å²) in [6.45, 7) is 5.50. The molecular weight excluding hydrogens is 376 g/mol. The summed E-state index contributed by atoms with van der Waals surface area (Å²) in [5.74, 6) is 0.630. The second-order valence-corrected chi connectivity index (χ2v) is 7.71. The Morgan fingerprint density at radius 1 is 1.00 bits per heavy atom. The molecule has 2 heterocycles. The average molecular weight is 402 g/mol. The highest BCUT2D eigenvalue weighted by molar-refractivity contribution is 5.98. The van der Waals surface area contributed by atoms with Crippen LogP contribution in [0, 0.1) is 13.8 Å². The highest BCUT2D eigenvalue weighted by atomic mass is 16.2. The number of fused-ring (bicyclic) bond motifs is 1. The van der Waals surface area contributed by atoms with Crippen LogP contribution in [0.1, 0.15) is 30.5 Å². The summed E-state index contributed by atoms with van der Waals surface area (Å²) in [4.78, 5) is 26.8. The smallest absolute Gasteiger partial charge is 0.228 e. The Bertz CT molecular complexity index is 1070. The molecule has 6 heteroatoms. The van der Waals surface area contributed by atoms with Crippen molar-refractivity contribution in [3.63, 3.8) is 0 Å². The van der Waals surface area contributed by atoms with E-state index in [0.29, 0.717) is 6.54 Å². The zero-order valence-electron chi connectivity index (χ0n) is 17.4. The molecule has 2 aromatic carbocycles. The van der Waals surface area contributed by atoms with E-state index < -0.39 is 0 Å². The summed E-state index contributed by atoms with van der Waals surface area (Å²) >= 11 is 0. The van der Waals surface area contributed by atoms with Crippen molar-refractivity contribution in [2.75, 3.05) is 16.8 Å². The van der Waals surface area contributed by atoms with Crippen LogP contribution in [0.4, 0.5) is 11.5 Å². The summed E-state index contributed by atoms with van der Waals surface area (Å²) in [5.41, 5.74) is 5.13. The molecule has 30 heavy (non-hydrogen) atoms. The van der Waals surface area contributed by atoms with Crippen molar-refractivity contribution in [3.05, 3.63) is 65.9 Å². The average Bonchev–Trinajstić information content (AvgIpc) is 3.13. The second kappa shape index (κ2) is 8.53. The third kappa shape index (κ3) is 4.27. The number of hydrogen-bond donors (Lipinski definition) is 1. The number of amides is 2. The lowest BCUT2D eigenvalue weighted by Gasteiger charge is -2.27. The lowest BCUT2D eigenvalue weighted by Crippen LogP contribution is -2.37. The highest BCUT2D eigenvalue weighted by Crippen LogP contribution is 2.25. The molecule has 0 bridgehead atoms. The molecule has 0 fully saturated rings. The number of rotatable bonds is 5. The van der Waals surface area contributed by atoms with Gasteiger partial charge in [0.1, 0.15) is 5.82 Å². The van der Waals surface area contributed by atoms with Gasteiger partial charge in [-0.3, -0.25) is 14.5 Å². The van der Waals surface area contributed by atoms with E-state index in [0.717, 1.165) is 35.7 Å². The highest BCUT2D eigenvalue weighted by Gasteiger charge is 2.24. The minimum Gasteiger partial charge on any atom is -0.326 e. The number of hydrogen-bond acceptors (Lipinski definition) is 3. The summed E-state index contributed by atoms with van der Waals surface area (Å²) in [7, 11) is 0.